The third-order valence-electron chi connectivity index (χ3n) is 6.64. The van der Waals surface area contributed by atoms with E-state index in [4.69, 9.17) is 9.47 Å². The molecule has 1 amide bonds. The average molecular weight is 469 g/mol. The molecule has 5 nitrogen and oxygen atoms in total. The fourth-order valence-electron chi connectivity index (χ4n) is 4.56. The van der Waals surface area contributed by atoms with E-state index in [2.05, 4.69) is 66.7 Å². The van der Waals surface area contributed by atoms with Crippen molar-refractivity contribution in [2.75, 3.05) is 27.8 Å². The Morgan fingerprint density at radius 3 is 2.45 bits per heavy atom. The molecule has 4 rings (SSSR count). The van der Waals surface area contributed by atoms with Crippen LogP contribution >= 0.6 is 12.4 Å². The third-order valence-corrected chi connectivity index (χ3v) is 6.64. The second kappa shape index (κ2) is 10.9. The van der Waals surface area contributed by atoms with Crippen LogP contribution in [0.3, 0.4) is 0 Å². The van der Waals surface area contributed by atoms with Crippen LogP contribution in [0.4, 0.5) is 0 Å². The first-order valence-corrected chi connectivity index (χ1v) is 11.2. The molecule has 0 radical (unpaired) electrons. The van der Waals surface area contributed by atoms with Crippen LogP contribution in [-0.2, 0) is 6.42 Å². The van der Waals surface area contributed by atoms with Gasteiger partial charge in [-0.3, -0.25) is 9.69 Å². The van der Waals surface area contributed by atoms with Gasteiger partial charge in [0.2, 0.25) is 0 Å². The lowest BCUT2D eigenvalue weighted by atomic mass is 9.92. The Hall–Kier alpha value is -2.76. The average Bonchev–Trinajstić information content (AvgIpc) is 2.82. The molecule has 176 valence electrons. The van der Waals surface area contributed by atoms with E-state index in [1.54, 1.807) is 20.3 Å². The maximum atomic E-state index is 12.6. The largest absolute Gasteiger partial charge is 0.493 e. The molecule has 1 aliphatic heterocycles. The lowest BCUT2D eigenvalue weighted by molar-refractivity contribution is 0.0920. The van der Waals surface area contributed by atoms with Crippen molar-refractivity contribution in [1.82, 2.24) is 10.2 Å². The number of carbonyl (C=O) groups is 1. The maximum Gasteiger partial charge on any atom is 0.251 e. The van der Waals surface area contributed by atoms with Crippen molar-refractivity contribution in [3.63, 3.8) is 0 Å². The number of nitrogens with zero attached hydrogens (tertiary/aromatic N) is 1. The Morgan fingerprint density at radius 1 is 1.03 bits per heavy atom. The summed E-state index contributed by atoms with van der Waals surface area (Å²) in [4.78, 5) is 15.0. The third kappa shape index (κ3) is 5.43. The van der Waals surface area contributed by atoms with Gasteiger partial charge in [0.15, 0.2) is 11.5 Å². The van der Waals surface area contributed by atoms with Gasteiger partial charge in [0.1, 0.15) is 0 Å². The molecule has 6 heteroatoms. The summed E-state index contributed by atoms with van der Waals surface area (Å²) in [7, 11) is 5.38. The van der Waals surface area contributed by atoms with Gasteiger partial charge in [0.05, 0.1) is 14.2 Å². The number of benzene rings is 3. The van der Waals surface area contributed by atoms with E-state index in [1.807, 2.05) is 6.07 Å². The van der Waals surface area contributed by atoms with Crippen molar-refractivity contribution in [2.24, 2.45) is 0 Å². The number of methoxy groups -OCH3 is 2. The molecule has 0 saturated heterocycles. The Kier molecular flexibility index (Phi) is 8.22. The maximum absolute atomic E-state index is 12.6. The normalized spacial score (nSPS) is 16.0. The van der Waals surface area contributed by atoms with E-state index in [9.17, 15) is 4.79 Å². The molecule has 0 fully saturated rings. The summed E-state index contributed by atoms with van der Waals surface area (Å²) in [5.41, 5.74) is 3.03. The zero-order chi connectivity index (χ0) is 22.7. The number of ether oxygens (including phenoxy) is 2. The summed E-state index contributed by atoms with van der Waals surface area (Å²) in [5, 5.41) is 5.71. The molecule has 3 aromatic carbocycles. The lowest BCUT2D eigenvalue weighted by Crippen LogP contribution is -2.41. The van der Waals surface area contributed by atoms with Gasteiger partial charge in [-0.25, -0.2) is 0 Å². The summed E-state index contributed by atoms with van der Waals surface area (Å²) in [6.45, 7) is 3.22. The first kappa shape index (κ1) is 24.9. The number of amides is 1. The second-order valence-electron chi connectivity index (χ2n) is 8.64. The van der Waals surface area contributed by atoms with Crippen LogP contribution in [0.5, 0.6) is 11.5 Å². The quantitative estimate of drug-likeness (QED) is 0.480. The van der Waals surface area contributed by atoms with Crippen LogP contribution in [0.25, 0.3) is 10.8 Å². The summed E-state index contributed by atoms with van der Waals surface area (Å²) in [6.07, 6.45) is 2.77. The molecule has 2 unspecified atom stereocenters. The highest BCUT2D eigenvalue weighted by atomic mass is 35.5. The first-order valence-electron chi connectivity index (χ1n) is 11.2. The molecule has 0 saturated carbocycles. The van der Waals surface area contributed by atoms with Gasteiger partial charge >= 0.3 is 0 Å². The smallest absolute Gasteiger partial charge is 0.251 e. The number of hydrogen-bond acceptors (Lipinski definition) is 4. The molecule has 2 atom stereocenters. The highest BCUT2D eigenvalue weighted by Gasteiger charge is 2.26. The van der Waals surface area contributed by atoms with Crippen molar-refractivity contribution in [1.29, 1.82) is 0 Å². The molecule has 0 aliphatic carbocycles. The molecular weight excluding hydrogens is 436 g/mol. The van der Waals surface area contributed by atoms with Gasteiger partial charge in [-0.05, 0) is 79.9 Å². The Bertz CT molecular complexity index is 1120. The Morgan fingerprint density at radius 2 is 1.73 bits per heavy atom. The number of rotatable bonds is 8. The monoisotopic (exact) mass is 468 g/mol. The minimum Gasteiger partial charge on any atom is -0.493 e. The van der Waals surface area contributed by atoms with Crippen LogP contribution in [0, 0.1) is 0 Å². The van der Waals surface area contributed by atoms with Gasteiger partial charge in [0.25, 0.3) is 5.91 Å². The summed E-state index contributed by atoms with van der Waals surface area (Å²) in [6, 6.07) is 19.4. The zero-order valence-electron chi connectivity index (χ0n) is 19.8. The van der Waals surface area contributed by atoms with E-state index in [0.29, 0.717) is 23.1 Å². The molecule has 33 heavy (non-hydrogen) atoms. The SMILES string of the molecule is COc1cc2c(cc1OC)C(=O)NC(CCCN(C)C(C)c1ccc3ccccc3c1)C2.Cl. The minimum absolute atomic E-state index is 0. The Balaban J connectivity index is 0.00000306. The minimum atomic E-state index is -0.0323. The zero-order valence-corrected chi connectivity index (χ0v) is 20.6. The molecule has 0 aromatic heterocycles. The predicted octanol–water partition coefficient (Wildman–Crippen LogP) is 5.41. The molecule has 0 spiro atoms. The molecule has 1 aliphatic rings. The number of fused-ring (bicyclic) bond motifs is 2. The van der Waals surface area contributed by atoms with E-state index in [1.165, 1.54) is 16.3 Å². The molecular formula is C27H33ClN2O3. The van der Waals surface area contributed by atoms with Gasteiger partial charge in [-0.2, -0.15) is 0 Å². The lowest BCUT2D eigenvalue weighted by Gasteiger charge is -2.29. The van der Waals surface area contributed by atoms with Gasteiger partial charge in [-0.15, -0.1) is 12.4 Å². The number of halogens is 1. The van der Waals surface area contributed by atoms with E-state index in [-0.39, 0.29) is 24.4 Å². The van der Waals surface area contributed by atoms with Crippen molar-refractivity contribution >= 4 is 29.1 Å². The van der Waals surface area contributed by atoms with E-state index < -0.39 is 0 Å². The predicted molar refractivity (Wildman–Crippen MR) is 136 cm³/mol. The van der Waals surface area contributed by atoms with E-state index in [0.717, 1.165) is 31.4 Å². The van der Waals surface area contributed by atoms with Crippen molar-refractivity contribution in [2.45, 2.75) is 38.3 Å². The van der Waals surface area contributed by atoms with Gasteiger partial charge < -0.3 is 14.8 Å². The second-order valence-corrected chi connectivity index (χ2v) is 8.64. The van der Waals surface area contributed by atoms with Crippen LogP contribution < -0.4 is 14.8 Å². The summed E-state index contributed by atoms with van der Waals surface area (Å²) < 4.78 is 10.8. The number of carbonyl (C=O) groups excluding carboxylic acids is 1. The Labute approximate surface area is 202 Å². The van der Waals surface area contributed by atoms with Crippen LogP contribution in [-0.4, -0.2) is 44.7 Å². The molecule has 3 aromatic rings. The van der Waals surface area contributed by atoms with Crippen molar-refractivity contribution < 1.29 is 14.3 Å². The van der Waals surface area contributed by atoms with Crippen LogP contribution in [0.2, 0.25) is 0 Å². The van der Waals surface area contributed by atoms with Crippen molar-refractivity contribution in [3.8, 4) is 11.5 Å². The van der Waals surface area contributed by atoms with Crippen LogP contribution in [0.15, 0.2) is 54.6 Å². The fourth-order valence-corrected chi connectivity index (χ4v) is 4.56. The fraction of sp³-hybridized carbons (Fsp3) is 0.370. The topological polar surface area (TPSA) is 50.8 Å². The first-order chi connectivity index (χ1) is 15.5. The molecule has 1 N–H and O–H groups in total. The highest BCUT2D eigenvalue weighted by Crippen LogP contribution is 2.33. The summed E-state index contributed by atoms with van der Waals surface area (Å²) in [5.74, 6) is 1.22. The molecule has 1 heterocycles. The number of nitrogens with one attached hydrogen (secondary N) is 1. The summed E-state index contributed by atoms with van der Waals surface area (Å²) >= 11 is 0. The molecule has 0 bridgehead atoms. The number of hydrogen-bond donors (Lipinski definition) is 1. The van der Waals surface area contributed by atoms with E-state index >= 15 is 0 Å². The van der Waals surface area contributed by atoms with Gasteiger partial charge in [0, 0.05) is 17.6 Å². The van der Waals surface area contributed by atoms with Crippen LogP contribution in [0.1, 0.15) is 47.3 Å². The van der Waals surface area contributed by atoms with Crippen molar-refractivity contribution in [3.05, 3.63) is 71.3 Å². The standard InChI is InChI=1S/C27H32N2O3.ClH/c1-18(20-12-11-19-8-5-6-9-21(19)14-20)29(2)13-7-10-23-15-22-16-25(31-3)26(32-4)17-24(22)27(30)28-23;/h5-6,8-9,11-12,14,16-18,23H,7,10,13,15H2,1-4H3,(H,28,30);1H. The van der Waals surface area contributed by atoms with Gasteiger partial charge in [-0.1, -0.05) is 36.4 Å². The highest BCUT2D eigenvalue weighted by molar-refractivity contribution is 5.97.